The first-order chi connectivity index (χ1) is 14.2. The molecular formula is C19H13F4N3O4. The van der Waals surface area contributed by atoms with Crippen molar-refractivity contribution in [2.45, 2.75) is 12.5 Å². The molecule has 2 aromatic carbocycles. The van der Waals surface area contributed by atoms with Crippen molar-refractivity contribution >= 4 is 11.9 Å². The molecule has 11 heteroatoms. The van der Waals surface area contributed by atoms with Gasteiger partial charge >= 0.3 is 5.97 Å². The van der Waals surface area contributed by atoms with Crippen LogP contribution in [0.4, 0.5) is 17.6 Å². The normalized spacial score (nSPS) is 11.9. The van der Waals surface area contributed by atoms with Gasteiger partial charge in [0.25, 0.3) is 11.5 Å². The number of carbonyl (C=O) groups excluding carboxylic acids is 1. The Labute approximate surface area is 165 Å². The lowest BCUT2D eigenvalue weighted by molar-refractivity contribution is -0.137. The molecule has 1 heterocycles. The van der Waals surface area contributed by atoms with Crippen LogP contribution in [-0.4, -0.2) is 26.8 Å². The number of carbonyl (C=O) groups is 2. The molecule has 7 nitrogen and oxygen atoms in total. The molecule has 1 unspecified atom stereocenters. The maximum atomic E-state index is 14.0. The van der Waals surface area contributed by atoms with Crippen LogP contribution in [0.15, 0.2) is 47.3 Å². The molecule has 0 aliphatic heterocycles. The standard InChI is InChI=1S/C19H13F4N3O4/c20-9-1-3-12(22)11(5-9)14(8-18(28)29)24-19(30)15-7-17(27)26(25-15)16-4-2-10(21)6-13(16)23/h1-7,14,25H,8H2,(H,24,30)(H,28,29). The highest BCUT2D eigenvalue weighted by Gasteiger charge is 2.24. The number of halogens is 4. The van der Waals surface area contributed by atoms with Gasteiger partial charge < -0.3 is 10.4 Å². The van der Waals surface area contributed by atoms with E-state index in [-0.39, 0.29) is 5.69 Å². The highest BCUT2D eigenvalue weighted by molar-refractivity contribution is 5.92. The zero-order valence-electron chi connectivity index (χ0n) is 15.0. The van der Waals surface area contributed by atoms with Gasteiger partial charge in [-0.2, -0.15) is 0 Å². The van der Waals surface area contributed by atoms with Crippen LogP contribution in [0.3, 0.4) is 0 Å². The van der Waals surface area contributed by atoms with E-state index in [1.54, 1.807) is 0 Å². The average molecular weight is 423 g/mol. The molecule has 0 aliphatic carbocycles. The first kappa shape index (κ1) is 20.8. The van der Waals surface area contributed by atoms with E-state index in [4.69, 9.17) is 5.11 Å². The summed E-state index contributed by atoms with van der Waals surface area (Å²) in [4.78, 5) is 35.7. The number of hydrogen-bond donors (Lipinski definition) is 3. The number of aromatic amines is 1. The van der Waals surface area contributed by atoms with Crippen LogP contribution in [0.25, 0.3) is 5.69 Å². The summed E-state index contributed by atoms with van der Waals surface area (Å²) in [5, 5.41) is 13.5. The van der Waals surface area contributed by atoms with Crippen LogP contribution in [0.1, 0.15) is 28.5 Å². The average Bonchev–Trinajstić information content (AvgIpc) is 3.04. The van der Waals surface area contributed by atoms with Gasteiger partial charge in [-0.25, -0.2) is 22.2 Å². The van der Waals surface area contributed by atoms with Crippen LogP contribution >= 0.6 is 0 Å². The third-order valence-corrected chi connectivity index (χ3v) is 4.13. The Morgan fingerprint density at radius 2 is 1.67 bits per heavy atom. The Morgan fingerprint density at radius 3 is 2.33 bits per heavy atom. The second-order valence-electron chi connectivity index (χ2n) is 6.23. The number of hydrogen-bond acceptors (Lipinski definition) is 3. The van der Waals surface area contributed by atoms with Crippen molar-refractivity contribution in [1.29, 1.82) is 0 Å². The van der Waals surface area contributed by atoms with E-state index in [0.29, 0.717) is 10.7 Å². The summed E-state index contributed by atoms with van der Waals surface area (Å²) < 4.78 is 55.1. The van der Waals surface area contributed by atoms with Gasteiger partial charge in [0.2, 0.25) is 0 Å². The molecule has 0 saturated carbocycles. The molecule has 156 valence electrons. The first-order valence-electron chi connectivity index (χ1n) is 8.41. The van der Waals surface area contributed by atoms with Crippen LogP contribution in [0.2, 0.25) is 0 Å². The zero-order chi connectivity index (χ0) is 22.0. The minimum absolute atomic E-state index is 0.362. The van der Waals surface area contributed by atoms with Crippen LogP contribution < -0.4 is 10.9 Å². The number of benzene rings is 2. The minimum Gasteiger partial charge on any atom is -0.481 e. The monoisotopic (exact) mass is 423 g/mol. The number of amides is 1. The molecular weight excluding hydrogens is 410 g/mol. The summed E-state index contributed by atoms with van der Waals surface area (Å²) in [7, 11) is 0. The molecule has 0 bridgehead atoms. The van der Waals surface area contributed by atoms with Crippen molar-refractivity contribution in [3.8, 4) is 5.69 Å². The fraction of sp³-hybridized carbons (Fsp3) is 0.105. The molecule has 3 rings (SSSR count). The van der Waals surface area contributed by atoms with E-state index in [9.17, 15) is 31.9 Å². The lowest BCUT2D eigenvalue weighted by atomic mass is 10.0. The summed E-state index contributed by atoms with van der Waals surface area (Å²) in [6.45, 7) is 0. The smallest absolute Gasteiger partial charge is 0.305 e. The Kier molecular flexibility index (Phi) is 5.72. The first-order valence-corrected chi connectivity index (χ1v) is 8.41. The molecule has 3 aromatic rings. The second kappa shape index (κ2) is 8.23. The highest BCUT2D eigenvalue weighted by Crippen LogP contribution is 2.22. The van der Waals surface area contributed by atoms with Crippen molar-refractivity contribution in [2.24, 2.45) is 0 Å². The number of carboxylic acids is 1. The van der Waals surface area contributed by atoms with Crippen LogP contribution in [0.5, 0.6) is 0 Å². The molecule has 1 amide bonds. The number of carboxylic acid groups (broad SMARTS) is 1. The van der Waals surface area contributed by atoms with Crippen molar-refractivity contribution in [3.63, 3.8) is 0 Å². The van der Waals surface area contributed by atoms with Crippen molar-refractivity contribution in [3.05, 3.63) is 87.3 Å². The molecule has 0 fully saturated rings. The van der Waals surface area contributed by atoms with E-state index in [1.807, 2.05) is 0 Å². The van der Waals surface area contributed by atoms with E-state index < -0.39 is 64.4 Å². The molecule has 3 N–H and O–H groups in total. The van der Waals surface area contributed by atoms with Crippen molar-refractivity contribution < 1.29 is 32.3 Å². The van der Waals surface area contributed by atoms with Gasteiger partial charge in [0.05, 0.1) is 12.5 Å². The second-order valence-corrected chi connectivity index (χ2v) is 6.23. The van der Waals surface area contributed by atoms with E-state index in [0.717, 1.165) is 36.4 Å². The topological polar surface area (TPSA) is 104 Å². The van der Waals surface area contributed by atoms with Gasteiger partial charge in [-0.15, -0.1) is 0 Å². The molecule has 0 saturated heterocycles. The molecule has 1 aromatic heterocycles. The maximum absolute atomic E-state index is 14.0. The quantitative estimate of drug-likeness (QED) is 0.531. The van der Waals surface area contributed by atoms with Gasteiger partial charge in [-0.3, -0.25) is 19.5 Å². The van der Waals surface area contributed by atoms with Gasteiger partial charge in [-0.05, 0) is 30.3 Å². The van der Waals surface area contributed by atoms with E-state index in [1.165, 1.54) is 0 Å². The Bertz CT molecular complexity index is 1190. The van der Waals surface area contributed by atoms with Crippen molar-refractivity contribution in [1.82, 2.24) is 15.1 Å². The van der Waals surface area contributed by atoms with Gasteiger partial charge in [0.15, 0.2) is 5.82 Å². The fourth-order valence-electron chi connectivity index (χ4n) is 2.78. The summed E-state index contributed by atoms with van der Waals surface area (Å²) in [6.07, 6.45) is -0.774. The minimum atomic E-state index is -1.46. The number of H-pyrrole nitrogens is 1. The van der Waals surface area contributed by atoms with Gasteiger partial charge in [0.1, 0.15) is 28.8 Å². The predicted octanol–water partition coefficient (Wildman–Crippen LogP) is 2.67. The summed E-state index contributed by atoms with van der Waals surface area (Å²) in [5.41, 5.74) is -2.04. The molecule has 0 aliphatic rings. The number of nitrogens with one attached hydrogen (secondary N) is 2. The zero-order valence-corrected chi connectivity index (χ0v) is 15.0. The maximum Gasteiger partial charge on any atom is 0.305 e. The van der Waals surface area contributed by atoms with Crippen molar-refractivity contribution in [2.75, 3.05) is 0 Å². The van der Waals surface area contributed by atoms with Crippen LogP contribution in [-0.2, 0) is 4.79 Å². The molecule has 1 atom stereocenters. The summed E-state index contributed by atoms with van der Waals surface area (Å²) >= 11 is 0. The number of aromatic nitrogens is 2. The highest BCUT2D eigenvalue weighted by atomic mass is 19.1. The molecule has 30 heavy (non-hydrogen) atoms. The Morgan fingerprint density at radius 1 is 1.00 bits per heavy atom. The summed E-state index contributed by atoms with van der Waals surface area (Å²) in [5.74, 6) is -6.16. The third-order valence-electron chi connectivity index (χ3n) is 4.13. The lowest BCUT2D eigenvalue weighted by Gasteiger charge is -2.17. The lowest BCUT2D eigenvalue weighted by Crippen LogP contribution is -2.31. The van der Waals surface area contributed by atoms with Gasteiger partial charge in [0, 0.05) is 17.7 Å². The number of nitrogens with zero attached hydrogens (tertiary/aromatic N) is 1. The van der Waals surface area contributed by atoms with E-state index >= 15 is 0 Å². The third kappa shape index (κ3) is 4.40. The van der Waals surface area contributed by atoms with Crippen LogP contribution in [0, 0.1) is 23.3 Å². The number of aliphatic carboxylic acids is 1. The number of rotatable bonds is 6. The van der Waals surface area contributed by atoms with E-state index in [2.05, 4.69) is 10.4 Å². The SMILES string of the molecule is O=C(O)CC(NC(=O)c1cc(=O)n(-c2ccc(F)cc2F)[nH]1)c1cc(F)ccc1F. The Hall–Kier alpha value is -3.89. The predicted molar refractivity (Wildman–Crippen MR) is 95.1 cm³/mol. The molecule has 0 spiro atoms. The largest absolute Gasteiger partial charge is 0.481 e. The molecule has 0 radical (unpaired) electrons. The Balaban J connectivity index is 1.92. The fourth-order valence-corrected chi connectivity index (χ4v) is 2.78. The van der Waals surface area contributed by atoms with Gasteiger partial charge in [-0.1, -0.05) is 0 Å². The summed E-state index contributed by atoms with van der Waals surface area (Å²) in [6, 6.07) is 4.09.